The first kappa shape index (κ1) is 26.2. The molecule has 0 spiro atoms. The predicted octanol–water partition coefficient (Wildman–Crippen LogP) is 4.27. The van der Waals surface area contributed by atoms with E-state index in [4.69, 9.17) is 4.74 Å². The first-order valence-corrected chi connectivity index (χ1v) is 13.4. The third kappa shape index (κ3) is 5.12. The summed E-state index contributed by atoms with van der Waals surface area (Å²) in [6, 6.07) is 4.75. The highest BCUT2D eigenvalue weighted by molar-refractivity contribution is 7.92. The third-order valence-electron chi connectivity index (χ3n) is 6.47. The zero-order chi connectivity index (χ0) is 26.6. The highest BCUT2D eigenvalue weighted by Crippen LogP contribution is 2.38. The molecule has 2 aromatic heterocycles. The Labute approximate surface area is 208 Å². The summed E-state index contributed by atoms with van der Waals surface area (Å²) < 4.78 is 58.1. The average molecular weight is 522 g/mol. The van der Waals surface area contributed by atoms with E-state index >= 15 is 0 Å². The molecule has 1 fully saturated rings. The zero-order valence-electron chi connectivity index (χ0n) is 20.7. The standard InChI is InChI=1S/C25H29F2N3O5S/c1-14(24(3,4)32)30-20-8-16(21(31)10-25(5)12-36(33,34)13-25)11-28-23(20)22(29-30)18-9-17(35-15(2)26)6-7-19(18)27/h6-9,11,14-15,32H,10,12-13H2,1-5H3/t14-,15?/m0/s1. The molecule has 1 N–H and O–H groups in total. The third-order valence-corrected chi connectivity index (χ3v) is 8.75. The van der Waals surface area contributed by atoms with Crippen molar-refractivity contribution in [2.75, 3.05) is 11.5 Å². The lowest BCUT2D eigenvalue weighted by Gasteiger charge is -2.37. The van der Waals surface area contributed by atoms with Crippen molar-refractivity contribution in [3.05, 3.63) is 41.8 Å². The number of nitrogens with zero attached hydrogens (tertiary/aromatic N) is 3. The molecule has 1 aliphatic heterocycles. The van der Waals surface area contributed by atoms with Gasteiger partial charge >= 0.3 is 0 Å². The number of ketones is 1. The fraction of sp³-hybridized carbons (Fsp3) is 0.480. The summed E-state index contributed by atoms with van der Waals surface area (Å²) in [5.41, 5.74) is -0.756. The van der Waals surface area contributed by atoms with E-state index in [0.29, 0.717) is 5.52 Å². The molecule has 3 heterocycles. The summed E-state index contributed by atoms with van der Waals surface area (Å²) in [5, 5.41) is 15.2. The smallest absolute Gasteiger partial charge is 0.235 e. The van der Waals surface area contributed by atoms with Crippen LogP contribution in [0.5, 0.6) is 5.75 Å². The Hall–Kier alpha value is -2.92. The number of carbonyl (C=O) groups excluding carboxylic acids is 1. The number of Topliss-reactive ketones (excluding diaryl/α,β-unsaturated/α-hetero) is 1. The Kier molecular flexibility index (Phi) is 6.45. The Morgan fingerprint density at radius 2 is 1.94 bits per heavy atom. The number of sulfone groups is 1. The normalized spacial score (nSPS) is 18.4. The van der Waals surface area contributed by atoms with Crippen molar-refractivity contribution < 1.29 is 31.8 Å². The number of alkyl halides is 1. The lowest BCUT2D eigenvalue weighted by Crippen LogP contribution is -2.47. The Morgan fingerprint density at radius 3 is 2.53 bits per heavy atom. The van der Waals surface area contributed by atoms with E-state index in [0.717, 1.165) is 6.07 Å². The average Bonchev–Trinajstić information content (AvgIpc) is 3.10. The number of halogens is 2. The lowest BCUT2D eigenvalue weighted by atomic mass is 9.86. The van der Waals surface area contributed by atoms with Crippen LogP contribution in [0.1, 0.15) is 57.4 Å². The van der Waals surface area contributed by atoms with Crippen molar-refractivity contribution in [2.24, 2.45) is 5.41 Å². The highest BCUT2D eigenvalue weighted by atomic mass is 32.2. The molecule has 1 aliphatic rings. The topological polar surface area (TPSA) is 111 Å². The number of pyridine rings is 1. The number of fused-ring (bicyclic) bond motifs is 1. The summed E-state index contributed by atoms with van der Waals surface area (Å²) in [6.07, 6.45) is -0.211. The number of aromatic nitrogens is 3. The van der Waals surface area contributed by atoms with E-state index in [-0.39, 0.29) is 51.8 Å². The van der Waals surface area contributed by atoms with E-state index in [1.807, 2.05) is 0 Å². The van der Waals surface area contributed by atoms with E-state index in [1.165, 1.54) is 29.9 Å². The molecular weight excluding hydrogens is 492 g/mol. The van der Waals surface area contributed by atoms with Gasteiger partial charge in [-0.2, -0.15) is 5.10 Å². The van der Waals surface area contributed by atoms with Crippen molar-refractivity contribution in [1.82, 2.24) is 14.8 Å². The maximum Gasteiger partial charge on any atom is 0.235 e. The minimum absolute atomic E-state index is 0.0265. The molecule has 194 valence electrons. The van der Waals surface area contributed by atoms with Crippen LogP contribution in [0.15, 0.2) is 30.5 Å². The van der Waals surface area contributed by atoms with Gasteiger partial charge in [0.15, 0.2) is 15.6 Å². The van der Waals surface area contributed by atoms with Crippen molar-refractivity contribution in [1.29, 1.82) is 0 Å². The van der Waals surface area contributed by atoms with Crippen LogP contribution in [0.4, 0.5) is 8.78 Å². The first-order chi connectivity index (χ1) is 16.6. The van der Waals surface area contributed by atoms with Gasteiger partial charge in [0.1, 0.15) is 22.8 Å². The van der Waals surface area contributed by atoms with Crippen molar-refractivity contribution >= 4 is 26.7 Å². The fourth-order valence-corrected chi connectivity index (χ4v) is 6.75. The number of ether oxygens (including phenoxy) is 1. The number of aliphatic hydroxyl groups is 1. The van der Waals surface area contributed by atoms with Gasteiger partial charge in [-0.15, -0.1) is 0 Å². The summed E-state index contributed by atoms with van der Waals surface area (Å²) >= 11 is 0. The molecule has 0 radical (unpaired) electrons. The molecule has 0 bridgehead atoms. The van der Waals surface area contributed by atoms with Crippen LogP contribution in [0.2, 0.25) is 0 Å². The molecular formula is C25H29F2N3O5S. The van der Waals surface area contributed by atoms with Gasteiger partial charge in [-0.05, 0) is 45.0 Å². The zero-order valence-corrected chi connectivity index (χ0v) is 21.6. The molecule has 1 unspecified atom stereocenters. The minimum atomic E-state index is -3.11. The SMILES string of the molecule is CC(F)Oc1ccc(F)c(-c2nn([C@@H](C)C(C)(C)O)c3cc(C(=O)CC4(C)CS(=O)(=O)C4)cnc23)c1. The monoisotopic (exact) mass is 521 g/mol. The first-order valence-electron chi connectivity index (χ1n) is 11.5. The number of hydrogen-bond acceptors (Lipinski definition) is 7. The Bertz CT molecular complexity index is 1430. The van der Waals surface area contributed by atoms with Crippen LogP contribution in [0, 0.1) is 11.2 Å². The molecule has 0 aliphatic carbocycles. The number of carbonyl (C=O) groups is 1. The second-order valence-corrected chi connectivity index (χ2v) is 12.5. The Balaban J connectivity index is 1.82. The van der Waals surface area contributed by atoms with Gasteiger partial charge in [-0.3, -0.25) is 14.5 Å². The quantitative estimate of drug-likeness (QED) is 0.441. The van der Waals surface area contributed by atoms with Crippen molar-refractivity contribution in [2.45, 2.75) is 59.0 Å². The van der Waals surface area contributed by atoms with Gasteiger partial charge in [0.05, 0.1) is 28.7 Å². The predicted molar refractivity (Wildman–Crippen MR) is 131 cm³/mol. The van der Waals surface area contributed by atoms with Crippen LogP contribution >= 0.6 is 0 Å². The molecule has 36 heavy (non-hydrogen) atoms. The maximum absolute atomic E-state index is 14.9. The van der Waals surface area contributed by atoms with E-state index in [2.05, 4.69) is 10.1 Å². The molecule has 1 aromatic carbocycles. The largest absolute Gasteiger partial charge is 0.461 e. The van der Waals surface area contributed by atoms with Crippen LogP contribution in [0.3, 0.4) is 0 Å². The molecule has 4 rings (SSSR count). The summed E-state index contributed by atoms with van der Waals surface area (Å²) in [5.74, 6) is -0.888. The van der Waals surface area contributed by atoms with Gasteiger partial charge in [0.2, 0.25) is 6.36 Å². The maximum atomic E-state index is 14.9. The van der Waals surface area contributed by atoms with Gasteiger partial charge < -0.3 is 9.84 Å². The van der Waals surface area contributed by atoms with Gasteiger partial charge in [0.25, 0.3) is 0 Å². The number of rotatable bonds is 8. The summed E-state index contributed by atoms with van der Waals surface area (Å²) in [6.45, 7) is 7.89. The van der Waals surface area contributed by atoms with Crippen molar-refractivity contribution in [3.8, 4) is 17.0 Å². The van der Waals surface area contributed by atoms with Crippen LogP contribution in [-0.4, -0.2) is 57.5 Å². The van der Waals surface area contributed by atoms with Gasteiger partial charge in [-0.25, -0.2) is 17.2 Å². The van der Waals surface area contributed by atoms with E-state index < -0.39 is 39.1 Å². The van der Waals surface area contributed by atoms with Crippen molar-refractivity contribution in [3.63, 3.8) is 0 Å². The van der Waals surface area contributed by atoms with Gasteiger partial charge in [-0.1, -0.05) is 6.92 Å². The molecule has 0 saturated carbocycles. The van der Waals surface area contributed by atoms with Crippen LogP contribution in [-0.2, 0) is 9.84 Å². The minimum Gasteiger partial charge on any atom is -0.461 e. The number of hydrogen-bond donors (Lipinski definition) is 1. The molecule has 1 saturated heterocycles. The number of benzene rings is 1. The molecule has 0 amide bonds. The molecule has 8 nitrogen and oxygen atoms in total. The summed E-state index contributed by atoms with van der Waals surface area (Å²) in [7, 11) is -3.11. The van der Waals surface area contributed by atoms with Gasteiger partial charge in [0, 0.05) is 36.1 Å². The van der Waals surface area contributed by atoms with Crippen LogP contribution in [0.25, 0.3) is 22.3 Å². The lowest BCUT2D eigenvalue weighted by molar-refractivity contribution is 0.0276. The molecule has 11 heteroatoms. The highest BCUT2D eigenvalue weighted by Gasteiger charge is 2.45. The van der Waals surface area contributed by atoms with Crippen LogP contribution < -0.4 is 4.74 Å². The van der Waals surface area contributed by atoms with E-state index in [1.54, 1.807) is 33.8 Å². The molecule has 2 atom stereocenters. The fourth-order valence-electron chi connectivity index (χ4n) is 4.51. The summed E-state index contributed by atoms with van der Waals surface area (Å²) in [4.78, 5) is 17.5. The Morgan fingerprint density at radius 1 is 1.28 bits per heavy atom. The second kappa shape index (κ2) is 8.88. The molecule has 3 aromatic rings. The second-order valence-electron chi connectivity index (χ2n) is 10.5. The van der Waals surface area contributed by atoms with E-state index in [9.17, 15) is 27.1 Å².